The topological polar surface area (TPSA) is 104 Å². The highest BCUT2D eigenvalue weighted by Crippen LogP contribution is 2.63. The van der Waals surface area contributed by atoms with Gasteiger partial charge in [0.25, 0.3) is 0 Å². The Morgan fingerprint density at radius 3 is 2.94 bits per heavy atom. The lowest BCUT2D eigenvalue weighted by Gasteiger charge is -1.94. The zero-order chi connectivity index (χ0) is 12.0. The van der Waals surface area contributed by atoms with Crippen LogP contribution in [0.2, 0.25) is 0 Å². The first kappa shape index (κ1) is 9.96. The Labute approximate surface area is 96.8 Å². The average Bonchev–Trinajstić information content (AvgIpc) is 2.79. The quantitative estimate of drug-likeness (QED) is 0.828. The molecule has 7 nitrogen and oxygen atoms in total. The van der Waals surface area contributed by atoms with Gasteiger partial charge in [-0.05, 0) is 5.41 Å². The molecule has 0 amide bonds. The molecule has 0 aromatic carbocycles. The second-order valence-corrected chi connectivity index (χ2v) is 4.72. The van der Waals surface area contributed by atoms with Crippen LogP contribution in [-0.4, -0.2) is 25.6 Å². The number of aromatic amines is 1. The Balaban J connectivity index is 1.91. The summed E-state index contributed by atoms with van der Waals surface area (Å²) in [6.07, 6.45) is 1.52. The molecule has 1 saturated carbocycles. The van der Waals surface area contributed by atoms with E-state index >= 15 is 0 Å². The molecule has 2 unspecified atom stereocenters. The summed E-state index contributed by atoms with van der Waals surface area (Å²) < 4.78 is 5.19. The standard InChI is InChI=1S/C10H10N6O/c1-10(2)5(3-11)7(10)9-13-8(15-17-9)6-4-12-16-14-6/h4-5,7H,1-2H3,(H,12,14,16). The summed E-state index contributed by atoms with van der Waals surface area (Å²) in [6.45, 7) is 4.04. The number of nitrogens with one attached hydrogen (secondary N) is 1. The molecule has 1 N–H and O–H groups in total. The number of nitriles is 1. The molecule has 2 atom stereocenters. The molecule has 0 spiro atoms. The lowest BCUT2D eigenvalue weighted by atomic mass is 10.1. The van der Waals surface area contributed by atoms with Crippen LogP contribution in [-0.2, 0) is 0 Å². The zero-order valence-corrected chi connectivity index (χ0v) is 9.38. The van der Waals surface area contributed by atoms with Gasteiger partial charge in [0, 0.05) is 0 Å². The van der Waals surface area contributed by atoms with E-state index in [0.29, 0.717) is 17.4 Å². The van der Waals surface area contributed by atoms with Gasteiger partial charge in [-0.3, -0.25) is 0 Å². The minimum atomic E-state index is -0.0949. The molecule has 17 heavy (non-hydrogen) atoms. The van der Waals surface area contributed by atoms with Crippen LogP contribution in [0.15, 0.2) is 10.7 Å². The molecule has 1 aliphatic carbocycles. The molecule has 2 aromatic rings. The number of hydrogen-bond acceptors (Lipinski definition) is 6. The van der Waals surface area contributed by atoms with Crippen molar-refractivity contribution in [3.05, 3.63) is 12.1 Å². The maximum Gasteiger partial charge on any atom is 0.232 e. The van der Waals surface area contributed by atoms with Gasteiger partial charge in [0.1, 0.15) is 0 Å². The SMILES string of the molecule is CC1(C)C(C#N)C1c1nc(-c2cn[nH]n2)no1. The van der Waals surface area contributed by atoms with Crippen molar-refractivity contribution in [1.29, 1.82) is 5.26 Å². The third-order valence-corrected chi connectivity index (χ3v) is 3.32. The molecule has 2 aromatic heterocycles. The Bertz CT molecular complexity index is 578. The Morgan fingerprint density at radius 1 is 1.53 bits per heavy atom. The fourth-order valence-corrected chi connectivity index (χ4v) is 2.11. The molecule has 1 aliphatic rings. The van der Waals surface area contributed by atoms with Gasteiger partial charge in [0.2, 0.25) is 11.7 Å². The van der Waals surface area contributed by atoms with Gasteiger partial charge in [0.05, 0.1) is 24.1 Å². The predicted molar refractivity (Wildman–Crippen MR) is 55.3 cm³/mol. The van der Waals surface area contributed by atoms with Crippen LogP contribution in [0.25, 0.3) is 11.5 Å². The molecule has 0 aliphatic heterocycles. The van der Waals surface area contributed by atoms with Crippen molar-refractivity contribution in [3.63, 3.8) is 0 Å². The van der Waals surface area contributed by atoms with Crippen molar-refractivity contribution < 1.29 is 4.52 Å². The number of aromatic nitrogens is 5. The second kappa shape index (κ2) is 3.13. The molecular weight excluding hydrogens is 220 g/mol. The largest absolute Gasteiger partial charge is 0.339 e. The maximum atomic E-state index is 9.00. The minimum Gasteiger partial charge on any atom is -0.339 e. The fourth-order valence-electron chi connectivity index (χ4n) is 2.11. The van der Waals surface area contributed by atoms with Crippen molar-refractivity contribution in [2.75, 3.05) is 0 Å². The van der Waals surface area contributed by atoms with E-state index in [1.54, 1.807) is 0 Å². The van der Waals surface area contributed by atoms with E-state index < -0.39 is 0 Å². The highest BCUT2D eigenvalue weighted by molar-refractivity contribution is 5.45. The van der Waals surface area contributed by atoms with Crippen LogP contribution in [0.3, 0.4) is 0 Å². The second-order valence-electron chi connectivity index (χ2n) is 4.72. The van der Waals surface area contributed by atoms with Crippen molar-refractivity contribution in [3.8, 4) is 17.6 Å². The monoisotopic (exact) mass is 230 g/mol. The Morgan fingerprint density at radius 2 is 2.35 bits per heavy atom. The third kappa shape index (κ3) is 1.34. The molecule has 1 fully saturated rings. The van der Waals surface area contributed by atoms with Gasteiger partial charge in [-0.25, -0.2) is 0 Å². The van der Waals surface area contributed by atoms with E-state index in [1.165, 1.54) is 6.20 Å². The van der Waals surface area contributed by atoms with E-state index in [0.717, 1.165) is 0 Å². The number of nitrogens with zero attached hydrogens (tertiary/aromatic N) is 5. The van der Waals surface area contributed by atoms with Crippen molar-refractivity contribution in [2.24, 2.45) is 11.3 Å². The van der Waals surface area contributed by atoms with E-state index in [2.05, 4.69) is 31.6 Å². The number of hydrogen-bond donors (Lipinski definition) is 1. The van der Waals surface area contributed by atoms with Gasteiger partial charge in [-0.2, -0.15) is 25.7 Å². The van der Waals surface area contributed by atoms with Crippen LogP contribution in [0, 0.1) is 22.7 Å². The molecule has 86 valence electrons. The lowest BCUT2D eigenvalue weighted by Crippen LogP contribution is -1.90. The van der Waals surface area contributed by atoms with Crippen LogP contribution < -0.4 is 0 Å². The molecule has 0 bridgehead atoms. The third-order valence-electron chi connectivity index (χ3n) is 3.32. The molecule has 2 heterocycles. The Hall–Kier alpha value is -2.23. The summed E-state index contributed by atoms with van der Waals surface area (Å²) in [6, 6.07) is 2.26. The first-order chi connectivity index (χ1) is 8.14. The summed E-state index contributed by atoms with van der Waals surface area (Å²) in [5, 5.41) is 22.9. The molecule has 0 saturated heterocycles. The summed E-state index contributed by atoms with van der Waals surface area (Å²) in [5.41, 5.74) is 0.439. The highest BCUT2D eigenvalue weighted by atomic mass is 16.5. The van der Waals surface area contributed by atoms with E-state index in [1.807, 2.05) is 13.8 Å². The fraction of sp³-hybridized carbons (Fsp3) is 0.500. The van der Waals surface area contributed by atoms with Gasteiger partial charge < -0.3 is 4.52 Å². The van der Waals surface area contributed by atoms with Gasteiger partial charge in [-0.1, -0.05) is 19.0 Å². The van der Waals surface area contributed by atoms with Crippen molar-refractivity contribution in [2.45, 2.75) is 19.8 Å². The van der Waals surface area contributed by atoms with Crippen molar-refractivity contribution >= 4 is 0 Å². The maximum absolute atomic E-state index is 9.00. The minimum absolute atomic E-state index is 0.0145. The molecule has 7 heteroatoms. The van der Waals surface area contributed by atoms with Gasteiger partial charge in [-0.15, -0.1) is 0 Å². The smallest absolute Gasteiger partial charge is 0.232 e. The predicted octanol–water partition coefficient (Wildman–Crippen LogP) is 1.12. The van der Waals surface area contributed by atoms with E-state index in [9.17, 15) is 0 Å². The lowest BCUT2D eigenvalue weighted by molar-refractivity contribution is 0.368. The summed E-state index contributed by atoms with van der Waals surface area (Å²) >= 11 is 0. The Kier molecular flexibility index (Phi) is 1.84. The summed E-state index contributed by atoms with van der Waals surface area (Å²) in [7, 11) is 0. The average molecular weight is 230 g/mol. The first-order valence-electron chi connectivity index (χ1n) is 5.24. The van der Waals surface area contributed by atoms with Crippen LogP contribution in [0.4, 0.5) is 0 Å². The molecular formula is C10H10N6O. The van der Waals surface area contributed by atoms with Crippen LogP contribution >= 0.6 is 0 Å². The molecule has 0 radical (unpaired) electrons. The van der Waals surface area contributed by atoms with Crippen LogP contribution in [0.1, 0.15) is 25.7 Å². The van der Waals surface area contributed by atoms with Crippen molar-refractivity contribution in [1.82, 2.24) is 25.6 Å². The summed E-state index contributed by atoms with van der Waals surface area (Å²) in [5.74, 6) is 0.849. The normalized spacial score (nSPS) is 25.5. The first-order valence-corrected chi connectivity index (χ1v) is 5.24. The van der Waals surface area contributed by atoms with E-state index in [-0.39, 0.29) is 17.3 Å². The van der Waals surface area contributed by atoms with E-state index in [4.69, 9.17) is 9.78 Å². The number of H-pyrrole nitrogens is 1. The zero-order valence-electron chi connectivity index (χ0n) is 9.38. The van der Waals surface area contributed by atoms with Gasteiger partial charge >= 0.3 is 0 Å². The molecule has 3 rings (SSSR count). The summed E-state index contributed by atoms with van der Waals surface area (Å²) in [4.78, 5) is 4.26. The van der Waals surface area contributed by atoms with Crippen LogP contribution in [0.5, 0.6) is 0 Å². The number of rotatable bonds is 2. The highest BCUT2D eigenvalue weighted by Gasteiger charge is 2.62. The van der Waals surface area contributed by atoms with Gasteiger partial charge in [0.15, 0.2) is 5.69 Å².